The number of hydrogen-bond acceptors (Lipinski definition) is 6. The van der Waals surface area contributed by atoms with Gasteiger partial charge in [-0.05, 0) is 12.1 Å². The monoisotopic (exact) mass is 485 g/mol. The minimum absolute atomic E-state index is 0. The lowest BCUT2D eigenvalue weighted by Gasteiger charge is -2.34. The summed E-state index contributed by atoms with van der Waals surface area (Å²) in [5.41, 5.74) is 1.12. The maximum Gasteiger partial charge on any atom is 0.225 e. The highest BCUT2D eigenvalue weighted by Gasteiger charge is 2.18. The van der Waals surface area contributed by atoms with Gasteiger partial charge < -0.3 is 15.5 Å². The average molecular weight is 485 g/mol. The van der Waals surface area contributed by atoms with Crippen LogP contribution in [-0.4, -0.2) is 76.9 Å². The fourth-order valence-electron chi connectivity index (χ4n) is 2.93. The van der Waals surface area contributed by atoms with Crippen molar-refractivity contribution in [3.8, 4) is 0 Å². The van der Waals surface area contributed by atoms with E-state index in [4.69, 9.17) is 0 Å². The van der Waals surface area contributed by atoms with E-state index in [-0.39, 0.29) is 24.0 Å². The molecule has 2 aromatic heterocycles. The molecule has 0 bridgehead atoms. The molecule has 3 heterocycles. The van der Waals surface area contributed by atoms with Crippen molar-refractivity contribution in [3.63, 3.8) is 0 Å². The Kier molecular flexibility index (Phi) is 8.72. The van der Waals surface area contributed by atoms with Crippen molar-refractivity contribution in [1.82, 2.24) is 35.3 Å². The van der Waals surface area contributed by atoms with E-state index in [1.165, 1.54) is 0 Å². The molecule has 1 aliphatic rings. The van der Waals surface area contributed by atoms with Crippen molar-refractivity contribution in [3.05, 3.63) is 36.4 Å². The second-order valence-electron chi connectivity index (χ2n) is 6.18. The van der Waals surface area contributed by atoms with Crippen molar-refractivity contribution in [2.75, 3.05) is 51.2 Å². The number of guanidine groups is 1. The quantitative estimate of drug-likeness (QED) is 0.346. The second kappa shape index (κ2) is 11.0. The fraction of sp³-hybridized carbons (Fsp3) is 0.529. The van der Waals surface area contributed by atoms with Crippen LogP contribution in [0.5, 0.6) is 0 Å². The van der Waals surface area contributed by atoms with E-state index < -0.39 is 0 Å². The highest BCUT2D eigenvalue weighted by molar-refractivity contribution is 14.0. The number of aryl methyl sites for hydroxylation is 1. The normalized spacial score (nSPS) is 15.3. The molecule has 2 N–H and O–H groups in total. The molecule has 3 rings (SSSR count). The first-order valence-electron chi connectivity index (χ1n) is 8.92. The zero-order valence-electron chi connectivity index (χ0n) is 15.9. The molecule has 10 heteroatoms. The SMILES string of the molecule is CN=C(NCCN1CCN(c2ncccn2)CC1)NCc1ccnn1C.I. The number of piperazine rings is 1. The van der Waals surface area contributed by atoms with Crippen LogP contribution >= 0.6 is 24.0 Å². The van der Waals surface area contributed by atoms with Crippen LogP contribution in [-0.2, 0) is 13.6 Å². The molecular formula is C17H28IN9. The molecule has 9 nitrogen and oxygen atoms in total. The van der Waals surface area contributed by atoms with Gasteiger partial charge in [0.15, 0.2) is 5.96 Å². The lowest BCUT2D eigenvalue weighted by molar-refractivity contribution is 0.260. The first kappa shape index (κ1) is 21.4. The predicted octanol–water partition coefficient (Wildman–Crippen LogP) is 0.315. The van der Waals surface area contributed by atoms with Crippen molar-refractivity contribution < 1.29 is 0 Å². The Labute approximate surface area is 177 Å². The smallest absolute Gasteiger partial charge is 0.225 e. The number of halogens is 1. The van der Waals surface area contributed by atoms with Gasteiger partial charge in [-0.15, -0.1) is 24.0 Å². The van der Waals surface area contributed by atoms with Gasteiger partial charge in [0.2, 0.25) is 5.95 Å². The zero-order chi connectivity index (χ0) is 18.2. The number of nitrogens with zero attached hydrogens (tertiary/aromatic N) is 7. The van der Waals surface area contributed by atoms with Crippen LogP contribution in [0.25, 0.3) is 0 Å². The Bertz CT molecular complexity index is 695. The molecule has 0 aromatic carbocycles. The maximum absolute atomic E-state index is 4.33. The number of rotatable bonds is 6. The molecule has 0 amide bonds. The predicted molar refractivity (Wildman–Crippen MR) is 118 cm³/mol. The number of nitrogens with one attached hydrogen (secondary N) is 2. The van der Waals surface area contributed by atoms with Crippen LogP contribution in [0.1, 0.15) is 5.69 Å². The minimum Gasteiger partial charge on any atom is -0.355 e. The molecule has 27 heavy (non-hydrogen) atoms. The minimum atomic E-state index is 0. The molecule has 1 saturated heterocycles. The summed E-state index contributed by atoms with van der Waals surface area (Å²) in [4.78, 5) is 17.6. The Morgan fingerprint density at radius 3 is 2.48 bits per heavy atom. The molecule has 1 fully saturated rings. The molecule has 0 spiro atoms. The summed E-state index contributed by atoms with van der Waals surface area (Å²) >= 11 is 0. The number of hydrogen-bond donors (Lipinski definition) is 2. The third-order valence-electron chi connectivity index (χ3n) is 4.51. The topological polar surface area (TPSA) is 86.5 Å². The summed E-state index contributed by atoms with van der Waals surface area (Å²) < 4.78 is 1.86. The first-order chi connectivity index (χ1) is 12.8. The second-order valence-corrected chi connectivity index (χ2v) is 6.18. The highest BCUT2D eigenvalue weighted by Crippen LogP contribution is 2.09. The lowest BCUT2D eigenvalue weighted by atomic mass is 10.3. The van der Waals surface area contributed by atoms with Gasteiger partial charge >= 0.3 is 0 Å². The van der Waals surface area contributed by atoms with E-state index in [0.717, 1.165) is 56.9 Å². The van der Waals surface area contributed by atoms with Gasteiger partial charge in [-0.25, -0.2) is 9.97 Å². The van der Waals surface area contributed by atoms with Gasteiger partial charge in [-0.1, -0.05) is 0 Å². The van der Waals surface area contributed by atoms with Crippen LogP contribution in [0.2, 0.25) is 0 Å². The summed E-state index contributed by atoms with van der Waals surface area (Å²) in [6.07, 6.45) is 5.39. The Morgan fingerprint density at radius 2 is 1.85 bits per heavy atom. The fourth-order valence-corrected chi connectivity index (χ4v) is 2.93. The molecule has 1 aliphatic heterocycles. The standard InChI is InChI=1S/C17H27N9.HI/c1-18-16(22-14-15-4-7-23-24(15)2)19-8-9-25-10-12-26(13-11-25)17-20-5-3-6-21-17;/h3-7H,8-14H2,1-2H3,(H2,18,19,22);1H. The van der Waals surface area contributed by atoms with Crippen LogP contribution in [0, 0.1) is 0 Å². The largest absolute Gasteiger partial charge is 0.355 e. The molecule has 0 unspecified atom stereocenters. The third kappa shape index (κ3) is 6.31. The van der Waals surface area contributed by atoms with E-state index in [0.29, 0.717) is 6.54 Å². The molecule has 148 valence electrons. The first-order valence-corrected chi connectivity index (χ1v) is 8.92. The van der Waals surface area contributed by atoms with Crippen molar-refractivity contribution >= 4 is 35.9 Å². The highest BCUT2D eigenvalue weighted by atomic mass is 127. The van der Waals surface area contributed by atoms with Gasteiger partial charge in [0.25, 0.3) is 0 Å². The van der Waals surface area contributed by atoms with Crippen molar-refractivity contribution in [2.24, 2.45) is 12.0 Å². The Balaban J connectivity index is 0.00000261. The van der Waals surface area contributed by atoms with E-state index in [2.05, 4.69) is 40.5 Å². The van der Waals surface area contributed by atoms with Gasteiger partial charge in [-0.2, -0.15) is 5.10 Å². The Hall–Kier alpha value is -1.95. The third-order valence-corrected chi connectivity index (χ3v) is 4.51. The van der Waals surface area contributed by atoms with Crippen molar-refractivity contribution in [1.29, 1.82) is 0 Å². The summed E-state index contributed by atoms with van der Waals surface area (Å²) in [5, 5.41) is 10.9. The van der Waals surface area contributed by atoms with Gasteiger partial charge in [0.05, 0.1) is 12.2 Å². The van der Waals surface area contributed by atoms with E-state index in [1.54, 1.807) is 25.6 Å². The summed E-state index contributed by atoms with van der Waals surface area (Å²) in [6.45, 7) is 6.48. The molecule has 0 saturated carbocycles. The molecule has 2 aromatic rings. The van der Waals surface area contributed by atoms with Gasteiger partial charge in [0, 0.05) is 72.0 Å². The van der Waals surface area contributed by atoms with E-state index >= 15 is 0 Å². The van der Waals surface area contributed by atoms with Crippen molar-refractivity contribution in [2.45, 2.75) is 6.54 Å². The average Bonchev–Trinajstić information content (AvgIpc) is 3.10. The van der Waals surface area contributed by atoms with Crippen LogP contribution in [0.3, 0.4) is 0 Å². The number of aromatic nitrogens is 4. The number of aliphatic imine (C=N–C) groups is 1. The van der Waals surface area contributed by atoms with Gasteiger partial charge in [0.1, 0.15) is 0 Å². The number of anilines is 1. The van der Waals surface area contributed by atoms with Gasteiger partial charge in [-0.3, -0.25) is 14.6 Å². The maximum atomic E-state index is 4.33. The Morgan fingerprint density at radius 1 is 1.11 bits per heavy atom. The van der Waals surface area contributed by atoms with Crippen LogP contribution in [0.4, 0.5) is 5.95 Å². The summed E-state index contributed by atoms with van der Waals surface area (Å²) in [7, 11) is 3.73. The lowest BCUT2D eigenvalue weighted by Crippen LogP contribution is -2.49. The molecule has 0 aliphatic carbocycles. The summed E-state index contributed by atoms with van der Waals surface area (Å²) in [6, 6.07) is 3.84. The summed E-state index contributed by atoms with van der Waals surface area (Å²) in [5.74, 6) is 1.63. The van der Waals surface area contributed by atoms with Crippen LogP contribution < -0.4 is 15.5 Å². The van der Waals surface area contributed by atoms with E-state index in [9.17, 15) is 0 Å². The van der Waals surface area contributed by atoms with Crippen LogP contribution in [0.15, 0.2) is 35.7 Å². The van der Waals surface area contributed by atoms with E-state index in [1.807, 2.05) is 23.9 Å². The zero-order valence-corrected chi connectivity index (χ0v) is 18.2. The molecule has 0 radical (unpaired) electrons. The molecular weight excluding hydrogens is 457 g/mol. The molecule has 0 atom stereocenters.